The van der Waals surface area contributed by atoms with Crippen molar-refractivity contribution in [1.82, 2.24) is 9.97 Å². The van der Waals surface area contributed by atoms with E-state index in [4.69, 9.17) is 9.90 Å². The first-order valence-electron chi connectivity index (χ1n) is 8.94. The maximum absolute atomic E-state index is 14.6. The molecule has 0 saturated carbocycles. The van der Waals surface area contributed by atoms with Crippen molar-refractivity contribution in [2.75, 3.05) is 5.32 Å². The number of anilines is 1. The maximum Gasteiger partial charge on any atom is 0.490 e. The highest BCUT2D eigenvalue weighted by molar-refractivity contribution is 6.36. The number of nitrogens with one attached hydrogen (secondary N) is 2. The monoisotopic (exact) mass is 449 g/mol. The van der Waals surface area contributed by atoms with Crippen molar-refractivity contribution in [2.24, 2.45) is 0 Å². The van der Waals surface area contributed by atoms with E-state index in [0.29, 0.717) is 33.6 Å². The molecule has 1 aromatic heterocycles. The molecule has 0 saturated heterocycles. The minimum Gasteiger partial charge on any atom is -0.508 e. The first-order chi connectivity index (χ1) is 15.0. The zero-order valence-corrected chi connectivity index (χ0v) is 16.3. The van der Waals surface area contributed by atoms with E-state index in [0.717, 1.165) is 5.69 Å². The summed E-state index contributed by atoms with van der Waals surface area (Å²) in [4.78, 5) is 28.5. The SMILES string of the molecule is Cc1[nH]cnc1C=C1C(=O)Nc2ccc(F)c(-c3ccc(O)cc3)c21.O=C(O)C(F)(F)F. The summed E-state index contributed by atoms with van der Waals surface area (Å²) < 4.78 is 46.4. The lowest BCUT2D eigenvalue weighted by Crippen LogP contribution is -2.21. The van der Waals surface area contributed by atoms with E-state index in [9.17, 15) is 27.5 Å². The maximum atomic E-state index is 14.6. The molecule has 1 aliphatic rings. The molecule has 1 amide bonds. The summed E-state index contributed by atoms with van der Waals surface area (Å²) in [7, 11) is 0. The number of benzene rings is 2. The lowest BCUT2D eigenvalue weighted by atomic mass is 9.93. The van der Waals surface area contributed by atoms with Gasteiger partial charge in [-0.15, -0.1) is 0 Å². The van der Waals surface area contributed by atoms with Crippen LogP contribution >= 0.6 is 0 Å². The van der Waals surface area contributed by atoms with Crippen LogP contribution < -0.4 is 5.32 Å². The van der Waals surface area contributed by atoms with Crippen LogP contribution in [0.15, 0.2) is 42.7 Å². The molecule has 3 aromatic rings. The predicted octanol–water partition coefficient (Wildman–Crippen LogP) is 4.36. The van der Waals surface area contributed by atoms with Gasteiger partial charge < -0.3 is 20.5 Å². The summed E-state index contributed by atoms with van der Waals surface area (Å²) in [6.45, 7) is 1.85. The highest BCUT2D eigenvalue weighted by Gasteiger charge is 2.38. The summed E-state index contributed by atoms with van der Waals surface area (Å²) in [5.74, 6) is -3.41. The Hall–Kier alpha value is -4.15. The fraction of sp³-hybridized carbons (Fsp3) is 0.0952. The second-order valence-corrected chi connectivity index (χ2v) is 6.62. The number of rotatable bonds is 2. The molecule has 4 rings (SSSR count). The Kier molecular flexibility index (Phi) is 6.01. The number of carbonyl (C=O) groups is 2. The quantitative estimate of drug-likeness (QED) is 0.343. The number of aryl methyl sites for hydroxylation is 1. The number of aliphatic carboxylic acids is 1. The number of aromatic nitrogens is 2. The molecule has 7 nitrogen and oxygen atoms in total. The Bertz CT molecular complexity index is 1210. The molecule has 0 spiro atoms. The minimum absolute atomic E-state index is 0.0915. The highest BCUT2D eigenvalue weighted by Crippen LogP contribution is 2.42. The Morgan fingerprint density at radius 1 is 1.09 bits per heavy atom. The zero-order valence-electron chi connectivity index (χ0n) is 16.3. The number of phenols is 1. The molecule has 0 unspecified atom stereocenters. The molecule has 1 aliphatic heterocycles. The van der Waals surface area contributed by atoms with Crippen LogP contribution in [0.25, 0.3) is 22.8 Å². The number of aromatic hydroxyl groups is 1. The molecular weight excluding hydrogens is 434 g/mol. The molecule has 0 radical (unpaired) electrons. The number of carbonyl (C=O) groups excluding carboxylic acids is 1. The number of nitrogens with zero attached hydrogens (tertiary/aromatic N) is 1. The predicted molar refractivity (Wildman–Crippen MR) is 107 cm³/mol. The third-order valence-electron chi connectivity index (χ3n) is 4.47. The molecule has 2 aromatic carbocycles. The van der Waals surface area contributed by atoms with Crippen molar-refractivity contribution in [1.29, 1.82) is 0 Å². The smallest absolute Gasteiger partial charge is 0.490 e. The summed E-state index contributed by atoms with van der Waals surface area (Å²) in [5, 5.41) is 19.4. The summed E-state index contributed by atoms with van der Waals surface area (Å²) >= 11 is 0. The largest absolute Gasteiger partial charge is 0.508 e. The van der Waals surface area contributed by atoms with Gasteiger partial charge in [0.15, 0.2) is 0 Å². The number of halogens is 4. The summed E-state index contributed by atoms with van der Waals surface area (Å²) in [6, 6.07) is 9.08. The Balaban J connectivity index is 0.000000360. The van der Waals surface area contributed by atoms with Crippen LogP contribution in [0.2, 0.25) is 0 Å². The molecule has 11 heteroatoms. The van der Waals surface area contributed by atoms with Gasteiger partial charge in [-0.3, -0.25) is 4.79 Å². The Morgan fingerprint density at radius 3 is 2.25 bits per heavy atom. The van der Waals surface area contributed by atoms with Gasteiger partial charge in [0.05, 0.1) is 17.6 Å². The van der Waals surface area contributed by atoms with Crippen LogP contribution in [0.5, 0.6) is 5.75 Å². The van der Waals surface area contributed by atoms with Crippen LogP contribution in [-0.4, -0.2) is 38.2 Å². The van der Waals surface area contributed by atoms with E-state index in [1.165, 1.54) is 18.2 Å². The number of H-pyrrole nitrogens is 1. The second kappa shape index (κ2) is 8.53. The molecule has 2 heterocycles. The number of imidazole rings is 1. The fourth-order valence-electron chi connectivity index (χ4n) is 2.96. The van der Waals surface area contributed by atoms with Crippen molar-refractivity contribution in [3.63, 3.8) is 0 Å². The van der Waals surface area contributed by atoms with E-state index in [1.54, 1.807) is 30.6 Å². The van der Waals surface area contributed by atoms with Gasteiger partial charge in [0.1, 0.15) is 11.6 Å². The first-order valence-corrected chi connectivity index (χ1v) is 8.94. The molecule has 0 bridgehead atoms. The van der Waals surface area contributed by atoms with E-state index < -0.39 is 18.0 Å². The van der Waals surface area contributed by atoms with Crippen molar-refractivity contribution in [3.8, 4) is 16.9 Å². The number of hydrogen-bond acceptors (Lipinski definition) is 4. The van der Waals surface area contributed by atoms with Crippen LogP contribution in [0.4, 0.5) is 23.2 Å². The Labute approximate surface area is 178 Å². The fourth-order valence-corrected chi connectivity index (χ4v) is 2.96. The van der Waals surface area contributed by atoms with Gasteiger partial charge in [0, 0.05) is 22.5 Å². The average molecular weight is 449 g/mol. The van der Waals surface area contributed by atoms with Crippen LogP contribution in [0.1, 0.15) is 17.0 Å². The number of amides is 1. The molecule has 32 heavy (non-hydrogen) atoms. The number of hydrogen-bond donors (Lipinski definition) is 4. The third kappa shape index (κ3) is 4.61. The topological polar surface area (TPSA) is 115 Å². The minimum atomic E-state index is -5.08. The van der Waals surface area contributed by atoms with Crippen LogP contribution in [0.3, 0.4) is 0 Å². The number of phenolic OH excluding ortho intramolecular Hbond substituents is 1. The summed E-state index contributed by atoms with van der Waals surface area (Å²) in [6.07, 6.45) is -1.89. The normalized spacial score (nSPS) is 13.9. The van der Waals surface area contributed by atoms with Crippen molar-refractivity contribution in [2.45, 2.75) is 13.1 Å². The van der Waals surface area contributed by atoms with E-state index in [-0.39, 0.29) is 11.7 Å². The number of aromatic amines is 1. The number of carboxylic acids is 1. The van der Waals surface area contributed by atoms with Gasteiger partial charge in [-0.1, -0.05) is 12.1 Å². The van der Waals surface area contributed by atoms with Gasteiger partial charge in [0.2, 0.25) is 0 Å². The summed E-state index contributed by atoms with van der Waals surface area (Å²) in [5.41, 5.74) is 3.73. The van der Waals surface area contributed by atoms with Gasteiger partial charge in [0.25, 0.3) is 5.91 Å². The van der Waals surface area contributed by atoms with Gasteiger partial charge in [-0.2, -0.15) is 13.2 Å². The van der Waals surface area contributed by atoms with Gasteiger partial charge >= 0.3 is 12.1 Å². The van der Waals surface area contributed by atoms with Crippen molar-refractivity contribution >= 4 is 29.2 Å². The van der Waals surface area contributed by atoms with E-state index in [1.807, 2.05) is 6.92 Å². The number of alkyl halides is 3. The van der Waals surface area contributed by atoms with E-state index in [2.05, 4.69) is 15.3 Å². The number of carboxylic acid groups (broad SMARTS) is 1. The van der Waals surface area contributed by atoms with E-state index >= 15 is 0 Å². The third-order valence-corrected chi connectivity index (χ3v) is 4.47. The average Bonchev–Trinajstić information content (AvgIpc) is 3.26. The standard InChI is InChI=1S/C19H14FN3O2.C2HF3O2/c1-10-16(22-9-21-10)8-13-18-15(23-19(13)25)7-6-14(20)17(18)11-2-4-12(24)5-3-11;3-2(4,5)1(6)7/h2-9,24H,1H3,(H,21,22)(H,23,25);(H,6,7). The zero-order chi connectivity index (χ0) is 23.6. The van der Waals surface area contributed by atoms with Crippen molar-refractivity contribution < 1.29 is 37.4 Å². The molecule has 0 aliphatic carbocycles. The van der Waals surface area contributed by atoms with Gasteiger partial charge in [-0.25, -0.2) is 14.2 Å². The lowest BCUT2D eigenvalue weighted by Gasteiger charge is -2.10. The molecule has 0 atom stereocenters. The Morgan fingerprint density at radius 2 is 1.72 bits per heavy atom. The van der Waals surface area contributed by atoms with Crippen LogP contribution in [-0.2, 0) is 9.59 Å². The molecular formula is C21H15F4N3O4. The van der Waals surface area contributed by atoms with Gasteiger partial charge in [-0.05, 0) is 42.8 Å². The first kappa shape index (κ1) is 22.5. The molecule has 0 fully saturated rings. The number of fused-ring (bicyclic) bond motifs is 1. The highest BCUT2D eigenvalue weighted by atomic mass is 19.4. The lowest BCUT2D eigenvalue weighted by molar-refractivity contribution is -0.192. The second-order valence-electron chi connectivity index (χ2n) is 6.62. The molecule has 4 N–H and O–H groups in total. The van der Waals surface area contributed by atoms with Crippen molar-refractivity contribution in [3.05, 3.63) is 65.5 Å². The molecule has 166 valence electrons. The van der Waals surface area contributed by atoms with Crippen LogP contribution in [0, 0.1) is 12.7 Å².